The summed E-state index contributed by atoms with van der Waals surface area (Å²) in [6, 6.07) is 61.5. The van der Waals surface area contributed by atoms with Crippen LogP contribution in [0.4, 0.5) is 0 Å². The average molecular weight is 644 g/mol. The maximum atomic E-state index is 5.21. The number of nitrogens with zero attached hydrogens (tertiary/aromatic N) is 3. The number of rotatable bonds is 6. The van der Waals surface area contributed by atoms with E-state index < -0.39 is 0 Å². The summed E-state index contributed by atoms with van der Waals surface area (Å²) in [7, 11) is 0. The second kappa shape index (κ2) is 12.4. The molecule has 0 saturated heterocycles. The van der Waals surface area contributed by atoms with Crippen LogP contribution in [0.25, 0.3) is 87.7 Å². The van der Waals surface area contributed by atoms with Crippen molar-refractivity contribution < 1.29 is 0 Å². The molecular weight excluding hydrogens is 615 g/mol. The Morgan fingerprint density at radius 2 is 0.837 bits per heavy atom. The molecule has 0 radical (unpaired) electrons. The molecule has 0 aliphatic carbocycles. The maximum absolute atomic E-state index is 5.21. The quantitative estimate of drug-likeness (QED) is 0.181. The van der Waals surface area contributed by atoms with Crippen molar-refractivity contribution in [3.8, 4) is 66.7 Å². The zero-order chi connectivity index (χ0) is 32.6. The Bertz CT molecular complexity index is 2580. The summed E-state index contributed by atoms with van der Waals surface area (Å²) in [6.45, 7) is 0. The van der Waals surface area contributed by atoms with Gasteiger partial charge in [-0.05, 0) is 57.3 Å². The van der Waals surface area contributed by atoms with Crippen molar-refractivity contribution in [3.63, 3.8) is 0 Å². The average Bonchev–Trinajstić information content (AvgIpc) is 3.62. The molecule has 0 N–H and O–H groups in total. The van der Waals surface area contributed by atoms with Crippen molar-refractivity contribution in [1.82, 2.24) is 15.0 Å². The minimum Gasteiger partial charge on any atom is -0.236 e. The van der Waals surface area contributed by atoms with Crippen LogP contribution in [0.5, 0.6) is 0 Å². The molecule has 0 amide bonds. The molecule has 3 nitrogen and oxygen atoms in total. The van der Waals surface area contributed by atoms with Crippen molar-refractivity contribution in [1.29, 1.82) is 0 Å². The van der Waals surface area contributed by atoms with Gasteiger partial charge in [-0.25, -0.2) is 15.0 Å². The first-order valence-electron chi connectivity index (χ1n) is 16.4. The molecule has 9 aromatic rings. The molecule has 9 rings (SSSR count). The monoisotopic (exact) mass is 643 g/mol. The van der Waals surface area contributed by atoms with Crippen LogP contribution < -0.4 is 0 Å². The van der Waals surface area contributed by atoms with Gasteiger partial charge >= 0.3 is 0 Å². The highest BCUT2D eigenvalue weighted by molar-refractivity contribution is 7.21. The molecule has 230 valence electrons. The molecule has 0 unspecified atom stereocenters. The third-order valence-electron chi connectivity index (χ3n) is 8.97. The van der Waals surface area contributed by atoms with E-state index in [0.29, 0.717) is 5.82 Å². The van der Waals surface area contributed by atoms with Gasteiger partial charge in [-0.15, -0.1) is 11.3 Å². The van der Waals surface area contributed by atoms with E-state index in [4.69, 9.17) is 15.0 Å². The third-order valence-corrected chi connectivity index (χ3v) is 10.1. The van der Waals surface area contributed by atoms with Gasteiger partial charge in [-0.3, -0.25) is 0 Å². The molecule has 7 aromatic carbocycles. The molecule has 2 aromatic heterocycles. The summed E-state index contributed by atoms with van der Waals surface area (Å²) in [6.07, 6.45) is 0. The first-order valence-corrected chi connectivity index (χ1v) is 17.2. The summed E-state index contributed by atoms with van der Waals surface area (Å²) in [4.78, 5) is 15.4. The number of fused-ring (bicyclic) bond motifs is 2. The highest BCUT2D eigenvalue weighted by Gasteiger charge is 2.16. The predicted molar refractivity (Wildman–Crippen MR) is 205 cm³/mol. The van der Waals surface area contributed by atoms with Gasteiger partial charge in [0.15, 0.2) is 5.82 Å². The number of hydrogen-bond donors (Lipinski definition) is 0. The molecule has 0 bridgehead atoms. The second-order valence-corrected chi connectivity index (χ2v) is 13.1. The van der Waals surface area contributed by atoms with Gasteiger partial charge in [0.2, 0.25) is 0 Å². The van der Waals surface area contributed by atoms with Crippen LogP contribution in [0.1, 0.15) is 0 Å². The summed E-state index contributed by atoms with van der Waals surface area (Å²) < 4.78 is 1.18. The molecule has 0 aliphatic rings. The van der Waals surface area contributed by atoms with Gasteiger partial charge in [0.1, 0.15) is 5.01 Å². The van der Waals surface area contributed by atoms with Crippen LogP contribution in [-0.4, -0.2) is 15.0 Å². The Morgan fingerprint density at radius 3 is 1.51 bits per heavy atom. The summed E-state index contributed by atoms with van der Waals surface area (Å²) >= 11 is 1.73. The van der Waals surface area contributed by atoms with Crippen molar-refractivity contribution >= 4 is 32.3 Å². The Balaban J connectivity index is 1.16. The standard InChI is InChI=1S/C45H29N3S/c1-4-12-30(13-5-1)31-20-22-33(23-21-31)41-29-40(32-14-6-2-7-15-32)46-44(47-41)39-26-25-36(37-18-10-11-19-38(37)39)35-24-27-43-42(28-35)48-45(49-43)34-16-8-3-9-17-34/h1-29H. The lowest BCUT2D eigenvalue weighted by Crippen LogP contribution is -1.97. The highest BCUT2D eigenvalue weighted by atomic mass is 32.1. The molecule has 0 saturated carbocycles. The van der Waals surface area contributed by atoms with Gasteiger partial charge in [0.05, 0.1) is 21.6 Å². The van der Waals surface area contributed by atoms with E-state index in [9.17, 15) is 0 Å². The Kier molecular flexibility index (Phi) is 7.34. The molecule has 0 spiro atoms. The number of thiazole rings is 1. The van der Waals surface area contributed by atoms with Crippen LogP contribution in [0.15, 0.2) is 176 Å². The number of benzene rings is 7. The van der Waals surface area contributed by atoms with Crippen LogP contribution in [0, 0.1) is 0 Å². The van der Waals surface area contributed by atoms with E-state index in [1.165, 1.54) is 15.8 Å². The molecule has 4 heteroatoms. The lowest BCUT2D eigenvalue weighted by molar-refractivity contribution is 1.19. The molecule has 2 heterocycles. The van der Waals surface area contributed by atoms with E-state index in [0.717, 1.165) is 66.1 Å². The van der Waals surface area contributed by atoms with Crippen molar-refractivity contribution in [2.45, 2.75) is 0 Å². The van der Waals surface area contributed by atoms with Crippen LogP contribution in [0.3, 0.4) is 0 Å². The molecular formula is C45H29N3S. The molecule has 49 heavy (non-hydrogen) atoms. The van der Waals surface area contributed by atoms with Crippen molar-refractivity contribution in [2.24, 2.45) is 0 Å². The SMILES string of the molecule is c1ccc(-c2ccc(-c3cc(-c4ccccc4)nc(-c4ccc(-c5ccc6sc(-c7ccccc7)nc6c5)c5ccccc45)n3)cc2)cc1. The van der Waals surface area contributed by atoms with E-state index in [1.807, 2.05) is 18.2 Å². The Morgan fingerprint density at radius 1 is 0.347 bits per heavy atom. The van der Waals surface area contributed by atoms with Gasteiger partial charge < -0.3 is 0 Å². The molecule has 0 fully saturated rings. The number of aromatic nitrogens is 3. The zero-order valence-electron chi connectivity index (χ0n) is 26.5. The topological polar surface area (TPSA) is 38.7 Å². The smallest absolute Gasteiger partial charge is 0.161 e. The van der Waals surface area contributed by atoms with Crippen molar-refractivity contribution in [2.75, 3.05) is 0 Å². The summed E-state index contributed by atoms with van der Waals surface area (Å²) in [5.41, 5.74) is 11.7. The fraction of sp³-hybridized carbons (Fsp3) is 0. The van der Waals surface area contributed by atoms with E-state index in [-0.39, 0.29) is 0 Å². The third kappa shape index (κ3) is 5.58. The van der Waals surface area contributed by atoms with E-state index in [1.54, 1.807) is 11.3 Å². The van der Waals surface area contributed by atoms with Gasteiger partial charge in [-0.2, -0.15) is 0 Å². The second-order valence-electron chi connectivity index (χ2n) is 12.0. The van der Waals surface area contributed by atoms with Gasteiger partial charge in [0, 0.05) is 22.3 Å². The molecule has 0 atom stereocenters. The number of hydrogen-bond acceptors (Lipinski definition) is 4. The Hall–Kier alpha value is -6.23. The fourth-order valence-electron chi connectivity index (χ4n) is 6.48. The van der Waals surface area contributed by atoms with Crippen LogP contribution in [0.2, 0.25) is 0 Å². The lowest BCUT2D eigenvalue weighted by atomic mass is 9.94. The van der Waals surface area contributed by atoms with E-state index >= 15 is 0 Å². The predicted octanol–water partition coefficient (Wildman–Crippen LogP) is 12.2. The van der Waals surface area contributed by atoms with Gasteiger partial charge in [-0.1, -0.05) is 152 Å². The summed E-state index contributed by atoms with van der Waals surface area (Å²) in [5.74, 6) is 0.702. The lowest BCUT2D eigenvalue weighted by Gasteiger charge is -2.14. The minimum atomic E-state index is 0.702. The van der Waals surface area contributed by atoms with E-state index in [2.05, 4.69) is 158 Å². The first-order chi connectivity index (χ1) is 24.3. The highest BCUT2D eigenvalue weighted by Crippen LogP contribution is 2.39. The fourth-order valence-corrected chi connectivity index (χ4v) is 7.43. The summed E-state index contributed by atoms with van der Waals surface area (Å²) in [5, 5.41) is 3.30. The molecule has 0 aliphatic heterocycles. The van der Waals surface area contributed by atoms with Crippen LogP contribution >= 0.6 is 11.3 Å². The normalized spacial score (nSPS) is 11.3. The zero-order valence-corrected chi connectivity index (χ0v) is 27.3. The Labute approximate surface area is 288 Å². The van der Waals surface area contributed by atoms with Gasteiger partial charge in [0.25, 0.3) is 0 Å². The minimum absolute atomic E-state index is 0.702. The van der Waals surface area contributed by atoms with Crippen LogP contribution in [-0.2, 0) is 0 Å². The van der Waals surface area contributed by atoms with Crippen molar-refractivity contribution in [3.05, 3.63) is 176 Å². The first kappa shape index (κ1) is 29.0. The maximum Gasteiger partial charge on any atom is 0.161 e. The largest absolute Gasteiger partial charge is 0.236 e.